The smallest absolute Gasteiger partial charge is 0.224 e. The normalized spacial score (nSPS) is 19.2. The van der Waals surface area contributed by atoms with Crippen molar-refractivity contribution in [1.29, 1.82) is 0 Å². The highest BCUT2D eigenvalue weighted by Crippen LogP contribution is 2.30. The monoisotopic (exact) mass is 219 g/mol. The van der Waals surface area contributed by atoms with Gasteiger partial charge < -0.3 is 10.2 Å². The Kier molecular flexibility index (Phi) is 2.81. The van der Waals surface area contributed by atoms with E-state index >= 15 is 0 Å². The van der Waals surface area contributed by atoms with E-state index in [1.807, 2.05) is 12.1 Å². The second-order valence-electron chi connectivity index (χ2n) is 4.50. The average Bonchev–Trinajstić information content (AvgIpc) is 2.27. The second kappa shape index (κ2) is 4.12. The van der Waals surface area contributed by atoms with Crippen LogP contribution in [0.1, 0.15) is 20.8 Å². The van der Waals surface area contributed by atoms with Crippen LogP contribution in [-0.4, -0.2) is 23.5 Å². The maximum absolute atomic E-state index is 11.6. The SMILES string of the molecule is CC(=O)N1C[C@H](C(C)C)Nc2ncccc21. The fourth-order valence-corrected chi connectivity index (χ4v) is 1.92. The Morgan fingerprint density at radius 1 is 1.62 bits per heavy atom. The number of carbonyl (C=O) groups is 1. The number of anilines is 2. The number of nitrogens with zero attached hydrogens (tertiary/aromatic N) is 2. The molecule has 0 aromatic carbocycles. The quantitative estimate of drug-likeness (QED) is 0.784. The summed E-state index contributed by atoms with van der Waals surface area (Å²) in [6, 6.07) is 4.05. The van der Waals surface area contributed by atoms with Crippen LogP contribution in [0.5, 0.6) is 0 Å². The second-order valence-corrected chi connectivity index (χ2v) is 4.50. The molecule has 1 aliphatic rings. The predicted octanol–water partition coefficient (Wildman–Crippen LogP) is 1.88. The van der Waals surface area contributed by atoms with E-state index in [0.29, 0.717) is 12.5 Å². The van der Waals surface area contributed by atoms with Crippen molar-refractivity contribution in [3.8, 4) is 0 Å². The molecule has 2 rings (SSSR count). The summed E-state index contributed by atoms with van der Waals surface area (Å²) in [4.78, 5) is 17.7. The molecule has 0 fully saturated rings. The van der Waals surface area contributed by atoms with Gasteiger partial charge in [-0.05, 0) is 18.1 Å². The number of hydrogen-bond donors (Lipinski definition) is 1. The molecule has 2 heterocycles. The van der Waals surface area contributed by atoms with Crippen molar-refractivity contribution in [3.63, 3.8) is 0 Å². The van der Waals surface area contributed by atoms with Crippen LogP contribution < -0.4 is 10.2 Å². The molecule has 0 bridgehead atoms. The Hall–Kier alpha value is -1.58. The first kappa shape index (κ1) is 10.9. The van der Waals surface area contributed by atoms with E-state index in [1.54, 1.807) is 18.0 Å². The van der Waals surface area contributed by atoms with E-state index in [9.17, 15) is 4.79 Å². The maximum atomic E-state index is 11.6. The van der Waals surface area contributed by atoms with Crippen molar-refractivity contribution in [2.24, 2.45) is 5.92 Å². The van der Waals surface area contributed by atoms with E-state index < -0.39 is 0 Å². The summed E-state index contributed by atoms with van der Waals surface area (Å²) < 4.78 is 0. The van der Waals surface area contributed by atoms with Crippen LogP contribution in [0.25, 0.3) is 0 Å². The van der Waals surface area contributed by atoms with Gasteiger partial charge in [-0.15, -0.1) is 0 Å². The van der Waals surface area contributed by atoms with Crippen molar-refractivity contribution in [2.75, 3.05) is 16.8 Å². The van der Waals surface area contributed by atoms with Gasteiger partial charge in [-0.25, -0.2) is 4.98 Å². The van der Waals surface area contributed by atoms with Crippen LogP contribution in [0.4, 0.5) is 11.5 Å². The standard InChI is InChI=1S/C12H17N3O/c1-8(2)10-7-15(9(3)16)11-5-4-6-13-12(11)14-10/h4-6,8,10H,7H2,1-3H3,(H,13,14)/t10-/m1/s1. The summed E-state index contributed by atoms with van der Waals surface area (Å²) in [5.41, 5.74) is 0.881. The highest BCUT2D eigenvalue weighted by molar-refractivity contribution is 5.95. The summed E-state index contributed by atoms with van der Waals surface area (Å²) >= 11 is 0. The first-order chi connectivity index (χ1) is 7.59. The van der Waals surface area contributed by atoms with E-state index in [1.165, 1.54) is 0 Å². The maximum Gasteiger partial charge on any atom is 0.224 e. The molecule has 0 aliphatic carbocycles. The van der Waals surface area contributed by atoms with Gasteiger partial charge in [-0.2, -0.15) is 0 Å². The van der Waals surface area contributed by atoms with E-state index in [0.717, 1.165) is 11.5 Å². The summed E-state index contributed by atoms with van der Waals surface area (Å²) in [5.74, 6) is 1.35. The van der Waals surface area contributed by atoms with Crippen LogP contribution in [0.2, 0.25) is 0 Å². The molecular formula is C12H17N3O. The number of nitrogens with one attached hydrogen (secondary N) is 1. The molecule has 0 saturated carbocycles. The minimum absolute atomic E-state index is 0.0707. The fourth-order valence-electron chi connectivity index (χ4n) is 1.92. The summed E-state index contributed by atoms with van der Waals surface area (Å²) in [6.07, 6.45) is 1.74. The molecule has 4 heteroatoms. The summed E-state index contributed by atoms with van der Waals surface area (Å²) in [5, 5.41) is 3.38. The number of fused-ring (bicyclic) bond motifs is 1. The largest absolute Gasteiger partial charge is 0.364 e. The van der Waals surface area contributed by atoms with Gasteiger partial charge in [0.2, 0.25) is 5.91 Å². The van der Waals surface area contributed by atoms with Crippen molar-refractivity contribution in [1.82, 2.24) is 4.98 Å². The van der Waals surface area contributed by atoms with Crippen LogP contribution >= 0.6 is 0 Å². The molecule has 0 spiro atoms. The van der Waals surface area contributed by atoms with E-state index in [2.05, 4.69) is 24.1 Å². The van der Waals surface area contributed by atoms with Crippen molar-refractivity contribution >= 4 is 17.4 Å². The van der Waals surface area contributed by atoms with E-state index in [4.69, 9.17) is 0 Å². The topological polar surface area (TPSA) is 45.2 Å². The third-order valence-electron chi connectivity index (χ3n) is 2.96. The minimum Gasteiger partial charge on any atom is -0.364 e. The molecule has 1 N–H and O–H groups in total. The third-order valence-corrected chi connectivity index (χ3v) is 2.96. The molecule has 16 heavy (non-hydrogen) atoms. The van der Waals surface area contributed by atoms with Gasteiger partial charge in [0.15, 0.2) is 0 Å². The van der Waals surface area contributed by atoms with Gasteiger partial charge in [0.1, 0.15) is 5.82 Å². The molecule has 4 nitrogen and oxygen atoms in total. The number of amides is 1. The number of carbonyl (C=O) groups excluding carboxylic acids is 1. The first-order valence-corrected chi connectivity index (χ1v) is 5.59. The van der Waals surface area contributed by atoms with Gasteiger partial charge in [-0.3, -0.25) is 4.79 Å². The molecule has 0 saturated heterocycles. The van der Waals surface area contributed by atoms with Crippen LogP contribution in [0, 0.1) is 5.92 Å². The fraction of sp³-hybridized carbons (Fsp3) is 0.500. The van der Waals surface area contributed by atoms with Gasteiger partial charge in [0.05, 0.1) is 5.69 Å². The lowest BCUT2D eigenvalue weighted by Crippen LogP contribution is -2.46. The molecule has 1 aromatic heterocycles. The van der Waals surface area contributed by atoms with Crippen molar-refractivity contribution in [3.05, 3.63) is 18.3 Å². The van der Waals surface area contributed by atoms with Crippen LogP contribution in [-0.2, 0) is 4.79 Å². The molecule has 1 aliphatic heterocycles. The van der Waals surface area contributed by atoms with Gasteiger partial charge >= 0.3 is 0 Å². The molecule has 1 atom stereocenters. The molecule has 86 valence electrons. The minimum atomic E-state index is 0.0707. The molecule has 1 aromatic rings. The Morgan fingerprint density at radius 2 is 2.38 bits per heavy atom. The highest BCUT2D eigenvalue weighted by atomic mass is 16.2. The van der Waals surface area contributed by atoms with Crippen LogP contribution in [0.15, 0.2) is 18.3 Å². The number of aromatic nitrogens is 1. The number of rotatable bonds is 1. The lowest BCUT2D eigenvalue weighted by molar-refractivity contribution is -0.116. The Bertz CT molecular complexity index is 403. The number of pyridine rings is 1. The van der Waals surface area contributed by atoms with Gasteiger partial charge in [0.25, 0.3) is 0 Å². The zero-order valence-electron chi connectivity index (χ0n) is 9.90. The zero-order valence-corrected chi connectivity index (χ0v) is 9.90. The number of hydrogen-bond acceptors (Lipinski definition) is 3. The molecule has 1 amide bonds. The lowest BCUT2D eigenvalue weighted by atomic mass is 10.0. The Morgan fingerprint density at radius 3 is 3.00 bits per heavy atom. The van der Waals surface area contributed by atoms with Crippen molar-refractivity contribution < 1.29 is 4.79 Å². The summed E-state index contributed by atoms with van der Waals surface area (Å²) in [6.45, 7) is 6.60. The Labute approximate surface area is 95.7 Å². The zero-order chi connectivity index (χ0) is 11.7. The van der Waals surface area contributed by atoms with Crippen molar-refractivity contribution in [2.45, 2.75) is 26.8 Å². The molecular weight excluding hydrogens is 202 g/mol. The summed E-state index contributed by atoms with van der Waals surface area (Å²) in [7, 11) is 0. The predicted molar refractivity (Wildman–Crippen MR) is 64.5 cm³/mol. The molecule has 0 radical (unpaired) electrons. The van der Waals surface area contributed by atoms with Gasteiger partial charge in [0, 0.05) is 25.7 Å². The van der Waals surface area contributed by atoms with Gasteiger partial charge in [-0.1, -0.05) is 13.8 Å². The average molecular weight is 219 g/mol. The van der Waals surface area contributed by atoms with Crippen LogP contribution in [0.3, 0.4) is 0 Å². The van der Waals surface area contributed by atoms with E-state index in [-0.39, 0.29) is 11.9 Å². The highest BCUT2D eigenvalue weighted by Gasteiger charge is 2.28. The molecule has 0 unspecified atom stereocenters. The third kappa shape index (κ3) is 1.87. The first-order valence-electron chi connectivity index (χ1n) is 5.59. The Balaban J connectivity index is 2.37. The lowest BCUT2D eigenvalue weighted by Gasteiger charge is -2.36.